The third-order valence-corrected chi connectivity index (χ3v) is 5.48. The van der Waals surface area contributed by atoms with Crippen molar-refractivity contribution < 1.29 is 23.9 Å². The van der Waals surface area contributed by atoms with Crippen molar-refractivity contribution in [2.75, 3.05) is 33.0 Å². The standard InChI is InChI=1S/C22H30N4O5S/c1-2-3-11-30-13-14-31-12-10-24-20(27)17-6-4-16(5-7-17)15-25-21(28)18-8-9-19(32-18)22(29)26-23/h4-9H,2-3,10-15,23H2,1H3,(H,24,27)(H,25,28)(H,26,29). The van der Waals surface area contributed by atoms with Gasteiger partial charge in [0.25, 0.3) is 17.7 Å². The number of hydrogen-bond donors (Lipinski definition) is 4. The average molecular weight is 463 g/mol. The fraction of sp³-hybridized carbons (Fsp3) is 0.409. The van der Waals surface area contributed by atoms with Crippen LogP contribution in [0.1, 0.15) is 55.0 Å². The van der Waals surface area contributed by atoms with E-state index < -0.39 is 5.91 Å². The Kier molecular flexibility index (Phi) is 11.4. The normalized spacial score (nSPS) is 10.6. The van der Waals surface area contributed by atoms with Crippen LogP contribution in [0.2, 0.25) is 0 Å². The Balaban J connectivity index is 1.66. The average Bonchev–Trinajstić information content (AvgIpc) is 3.31. The summed E-state index contributed by atoms with van der Waals surface area (Å²) < 4.78 is 10.8. The maximum Gasteiger partial charge on any atom is 0.275 e. The van der Waals surface area contributed by atoms with Gasteiger partial charge in [-0.2, -0.15) is 0 Å². The van der Waals surface area contributed by atoms with E-state index in [0.29, 0.717) is 48.2 Å². The largest absolute Gasteiger partial charge is 0.379 e. The predicted octanol–water partition coefficient (Wildman–Crippen LogP) is 1.84. The number of benzene rings is 1. The summed E-state index contributed by atoms with van der Waals surface area (Å²) in [6.07, 6.45) is 2.15. The van der Waals surface area contributed by atoms with Gasteiger partial charge < -0.3 is 20.1 Å². The fourth-order valence-electron chi connectivity index (χ4n) is 2.60. The summed E-state index contributed by atoms with van der Waals surface area (Å²) in [6, 6.07) is 10.1. The van der Waals surface area contributed by atoms with E-state index in [1.54, 1.807) is 36.4 Å². The summed E-state index contributed by atoms with van der Waals surface area (Å²) >= 11 is 1.06. The summed E-state index contributed by atoms with van der Waals surface area (Å²) in [7, 11) is 0. The van der Waals surface area contributed by atoms with Crippen LogP contribution in [-0.4, -0.2) is 50.7 Å². The molecule has 0 saturated carbocycles. The topological polar surface area (TPSA) is 132 Å². The molecule has 0 aliphatic carbocycles. The van der Waals surface area contributed by atoms with E-state index >= 15 is 0 Å². The maximum absolute atomic E-state index is 12.2. The molecule has 1 heterocycles. The van der Waals surface area contributed by atoms with Crippen molar-refractivity contribution in [2.45, 2.75) is 26.3 Å². The van der Waals surface area contributed by atoms with Gasteiger partial charge in [0.15, 0.2) is 0 Å². The van der Waals surface area contributed by atoms with Crippen molar-refractivity contribution in [1.29, 1.82) is 0 Å². The molecule has 3 amide bonds. The minimum Gasteiger partial charge on any atom is -0.379 e. The molecule has 32 heavy (non-hydrogen) atoms. The first kappa shape index (κ1) is 25.5. The van der Waals surface area contributed by atoms with Gasteiger partial charge in [-0.05, 0) is 36.2 Å². The van der Waals surface area contributed by atoms with Gasteiger partial charge in [0.2, 0.25) is 0 Å². The molecule has 1 aromatic heterocycles. The summed E-state index contributed by atoms with van der Waals surface area (Å²) in [5, 5.41) is 5.59. The minimum atomic E-state index is -0.439. The van der Waals surface area contributed by atoms with Crippen LogP contribution < -0.4 is 21.9 Å². The van der Waals surface area contributed by atoms with Crippen LogP contribution in [0.4, 0.5) is 0 Å². The van der Waals surface area contributed by atoms with Crippen molar-refractivity contribution in [3.05, 3.63) is 57.3 Å². The molecule has 0 saturated heterocycles. The van der Waals surface area contributed by atoms with E-state index in [1.807, 2.05) is 5.43 Å². The number of nitrogens with one attached hydrogen (secondary N) is 3. The van der Waals surface area contributed by atoms with Crippen LogP contribution in [0.25, 0.3) is 0 Å². The monoisotopic (exact) mass is 462 g/mol. The predicted molar refractivity (Wildman–Crippen MR) is 122 cm³/mol. The summed E-state index contributed by atoms with van der Waals surface area (Å²) in [5.41, 5.74) is 3.40. The van der Waals surface area contributed by atoms with E-state index in [9.17, 15) is 14.4 Å². The fourth-order valence-corrected chi connectivity index (χ4v) is 3.43. The minimum absolute atomic E-state index is 0.187. The van der Waals surface area contributed by atoms with Crippen molar-refractivity contribution >= 4 is 29.1 Å². The number of hydrogen-bond acceptors (Lipinski definition) is 7. The van der Waals surface area contributed by atoms with Crippen LogP contribution in [0.5, 0.6) is 0 Å². The molecule has 0 bridgehead atoms. The van der Waals surface area contributed by atoms with Crippen molar-refractivity contribution in [3.8, 4) is 0 Å². The lowest BCUT2D eigenvalue weighted by atomic mass is 10.1. The van der Waals surface area contributed by atoms with Gasteiger partial charge in [-0.15, -0.1) is 11.3 Å². The summed E-state index contributed by atoms with van der Waals surface area (Å²) in [4.78, 5) is 36.7. The third kappa shape index (κ3) is 8.75. The number of thiophene rings is 1. The molecule has 5 N–H and O–H groups in total. The molecule has 2 aromatic rings. The molecule has 1 aromatic carbocycles. The van der Waals surface area contributed by atoms with Gasteiger partial charge in [0.1, 0.15) is 0 Å². The molecule has 0 aliphatic heterocycles. The number of carbonyl (C=O) groups is 3. The van der Waals surface area contributed by atoms with Crippen molar-refractivity contribution in [3.63, 3.8) is 0 Å². The molecule has 0 atom stereocenters. The van der Waals surface area contributed by atoms with Gasteiger partial charge in [0.05, 0.1) is 29.6 Å². The zero-order chi connectivity index (χ0) is 23.2. The Bertz CT molecular complexity index is 869. The number of carbonyl (C=O) groups excluding carboxylic acids is 3. The number of ether oxygens (including phenoxy) is 2. The van der Waals surface area contributed by atoms with Crippen molar-refractivity contribution in [2.24, 2.45) is 5.84 Å². The number of amides is 3. The molecule has 174 valence electrons. The maximum atomic E-state index is 12.2. The number of nitrogens with two attached hydrogens (primary N) is 1. The Hall–Kier alpha value is -2.79. The molecular formula is C22H30N4O5S. The zero-order valence-electron chi connectivity index (χ0n) is 18.1. The van der Waals surface area contributed by atoms with E-state index in [2.05, 4.69) is 17.6 Å². The molecule has 10 heteroatoms. The number of unbranched alkanes of at least 4 members (excludes halogenated alkanes) is 1. The highest BCUT2D eigenvalue weighted by molar-refractivity contribution is 7.15. The first-order valence-electron chi connectivity index (χ1n) is 10.5. The highest BCUT2D eigenvalue weighted by Crippen LogP contribution is 2.16. The van der Waals surface area contributed by atoms with Crippen LogP contribution in [0.15, 0.2) is 36.4 Å². The third-order valence-electron chi connectivity index (χ3n) is 4.40. The SMILES string of the molecule is CCCCOCCOCCNC(=O)c1ccc(CNC(=O)c2ccc(C(=O)NN)s2)cc1. The van der Waals surface area contributed by atoms with E-state index in [-0.39, 0.29) is 11.8 Å². The number of nitrogen functional groups attached to an aromatic ring is 1. The molecule has 0 fully saturated rings. The van der Waals surface area contributed by atoms with E-state index in [0.717, 1.165) is 36.3 Å². The van der Waals surface area contributed by atoms with Crippen molar-refractivity contribution in [1.82, 2.24) is 16.1 Å². The second kappa shape index (κ2) is 14.3. The first-order chi connectivity index (χ1) is 15.5. The Labute approximate surface area is 191 Å². The van der Waals surface area contributed by atoms with E-state index in [4.69, 9.17) is 15.3 Å². The second-order valence-corrected chi connectivity index (χ2v) is 7.93. The molecule has 2 rings (SSSR count). The summed E-state index contributed by atoms with van der Waals surface area (Å²) in [5.74, 6) is 4.17. The molecular weight excluding hydrogens is 432 g/mol. The van der Waals surface area contributed by atoms with Crippen LogP contribution in [0, 0.1) is 0 Å². The Morgan fingerprint density at radius 2 is 1.50 bits per heavy atom. The van der Waals surface area contributed by atoms with Crippen LogP contribution in [0.3, 0.4) is 0 Å². The van der Waals surface area contributed by atoms with Gasteiger partial charge >= 0.3 is 0 Å². The quantitative estimate of drug-likeness (QED) is 0.147. The van der Waals surface area contributed by atoms with Gasteiger partial charge in [-0.1, -0.05) is 25.5 Å². The van der Waals surface area contributed by atoms with Gasteiger partial charge in [0, 0.05) is 25.3 Å². The molecule has 9 nitrogen and oxygen atoms in total. The Morgan fingerprint density at radius 3 is 2.16 bits per heavy atom. The number of hydrazine groups is 1. The Morgan fingerprint density at radius 1 is 0.844 bits per heavy atom. The molecule has 0 unspecified atom stereocenters. The van der Waals surface area contributed by atoms with Crippen LogP contribution >= 0.6 is 11.3 Å². The van der Waals surface area contributed by atoms with Gasteiger partial charge in [-0.25, -0.2) is 5.84 Å². The highest BCUT2D eigenvalue weighted by Gasteiger charge is 2.13. The molecule has 0 radical (unpaired) electrons. The highest BCUT2D eigenvalue weighted by atomic mass is 32.1. The zero-order valence-corrected chi connectivity index (χ0v) is 19.0. The lowest BCUT2D eigenvalue weighted by Gasteiger charge is -2.08. The number of rotatable bonds is 14. The smallest absolute Gasteiger partial charge is 0.275 e. The van der Waals surface area contributed by atoms with Crippen LogP contribution in [-0.2, 0) is 16.0 Å². The lowest BCUT2D eigenvalue weighted by molar-refractivity contribution is 0.0472. The molecule has 0 aliphatic rings. The summed E-state index contributed by atoms with van der Waals surface area (Å²) in [6.45, 7) is 5.06. The first-order valence-corrected chi connectivity index (χ1v) is 11.3. The lowest BCUT2D eigenvalue weighted by Crippen LogP contribution is -2.29. The molecule has 0 spiro atoms. The second-order valence-electron chi connectivity index (χ2n) is 6.85. The van der Waals surface area contributed by atoms with Gasteiger partial charge in [-0.3, -0.25) is 19.8 Å². The van der Waals surface area contributed by atoms with E-state index in [1.165, 1.54) is 0 Å².